The number of rotatable bonds is 11. The van der Waals surface area contributed by atoms with Crippen LogP contribution in [0.4, 0.5) is 0 Å². The molecule has 0 aliphatic carbocycles. The number of carbonyl (C=O) groups is 1. The van der Waals surface area contributed by atoms with Gasteiger partial charge in [-0.3, -0.25) is 4.79 Å². The predicted molar refractivity (Wildman–Crippen MR) is 137 cm³/mol. The maximum absolute atomic E-state index is 12.5. The number of nitrogens with zero attached hydrogens (tertiary/aromatic N) is 1. The first kappa shape index (κ1) is 26.2. The lowest BCUT2D eigenvalue weighted by molar-refractivity contribution is 0.0954. The van der Waals surface area contributed by atoms with Crippen molar-refractivity contribution in [3.63, 3.8) is 0 Å². The summed E-state index contributed by atoms with van der Waals surface area (Å²) in [7, 11) is -3.96. The van der Waals surface area contributed by atoms with E-state index in [1.54, 1.807) is 48.5 Å². The van der Waals surface area contributed by atoms with Gasteiger partial charge < -0.3 is 13.7 Å². The minimum atomic E-state index is -3.96. The molecule has 0 aliphatic rings. The lowest BCUT2D eigenvalue weighted by Gasteiger charge is -2.12. The number of hydrogen-bond acceptors (Lipinski definition) is 7. The van der Waals surface area contributed by atoms with E-state index in [9.17, 15) is 13.2 Å². The second-order valence-electron chi connectivity index (χ2n) is 7.18. The molecule has 0 unspecified atom stereocenters. The van der Waals surface area contributed by atoms with Crippen LogP contribution in [-0.2, 0) is 10.1 Å². The molecule has 1 amide bonds. The fraction of sp³-hybridized carbons (Fsp3) is 0.200. The van der Waals surface area contributed by atoms with Crippen molar-refractivity contribution < 1.29 is 26.9 Å². The Bertz CT molecular complexity index is 1300. The fourth-order valence-electron chi connectivity index (χ4n) is 2.90. The molecule has 0 aromatic heterocycles. The number of ether oxygens (including phenoxy) is 2. The van der Waals surface area contributed by atoms with Crippen LogP contribution in [-0.4, -0.2) is 33.8 Å². The Morgan fingerprint density at radius 3 is 2.40 bits per heavy atom. The van der Waals surface area contributed by atoms with Gasteiger partial charge >= 0.3 is 10.1 Å². The first-order valence-electron chi connectivity index (χ1n) is 10.9. The molecule has 0 aliphatic heterocycles. The third-order valence-electron chi connectivity index (χ3n) is 4.53. The lowest BCUT2D eigenvalue weighted by atomic mass is 10.2. The minimum absolute atomic E-state index is 0.0534. The Labute approximate surface area is 213 Å². The molecule has 8 nitrogen and oxygen atoms in total. The molecule has 0 fully saturated rings. The summed E-state index contributed by atoms with van der Waals surface area (Å²) in [5, 5.41) is 3.98. The van der Waals surface area contributed by atoms with E-state index < -0.39 is 16.0 Å². The average Bonchev–Trinajstić information content (AvgIpc) is 2.85. The van der Waals surface area contributed by atoms with Crippen LogP contribution in [0.2, 0.25) is 0 Å². The zero-order valence-electron chi connectivity index (χ0n) is 19.2. The summed E-state index contributed by atoms with van der Waals surface area (Å²) in [6, 6.07) is 17.5. The van der Waals surface area contributed by atoms with E-state index in [-0.39, 0.29) is 10.6 Å². The second-order valence-corrected chi connectivity index (χ2v) is 9.58. The summed E-state index contributed by atoms with van der Waals surface area (Å²) in [5.41, 5.74) is 3.44. The summed E-state index contributed by atoms with van der Waals surface area (Å²) in [6.45, 7) is 4.85. The van der Waals surface area contributed by atoms with Gasteiger partial charge in [0.1, 0.15) is 4.90 Å². The van der Waals surface area contributed by atoms with Crippen LogP contribution < -0.4 is 19.1 Å². The van der Waals surface area contributed by atoms with Gasteiger partial charge in [0.05, 0.1) is 23.9 Å². The molecule has 0 saturated carbocycles. The number of hydrazone groups is 1. The number of carbonyl (C=O) groups excluding carboxylic acids is 1. The molecule has 3 aromatic rings. The Hall–Kier alpha value is -3.37. The van der Waals surface area contributed by atoms with Crippen molar-refractivity contribution in [3.8, 4) is 17.2 Å². The van der Waals surface area contributed by atoms with Crippen molar-refractivity contribution in [1.29, 1.82) is 0 Å². The normalized spacial score (nSPS) is 11.3. The standard InChI is InChI=1S/C25H25BrN2O6S/c1-3-14-33-23-13-11-19(16-24(23)32-4-2)25(29)28-27-17-18-10-12-22(21(26)15-18)34-35(30,31)20-8-6-5-7-9-20/h5-13,15-17H,3-4,14H2,1-2H3,(H,28,29)/b27-17+. The Kier molecular flexibility index (Phi) is 9.27. The molecular formula is C25H25BrN2O6S. The minimum Gasteiger partial charge on any atom is -0.490 e. The van der Waals surface area contributed by atoms with E-state index in [1.165, 1.54) is 24.4 Å². The van der Waals surface area contributed by atoms with Crippen molar-refractivity contribution in [1.82, 2.24) is 5.43 Å². The Balaban J connectivity index is 1.66. The van der Waals surface area contributed by atoms with Crippen molar-refractivity contribution in [2.24, 2.45) is 5.10 Å². The van der Waals surface area contributed by atoms with Crippen molar-refractivity contribution in [2.45, 2.75) is 25.2 Å². The summed E-state index contributed by atoms with van der Waals surface area (Å²) >= 11 is 3.31. The molecule has 0 atom stereocenters. The second kappa shape index (κ2) is 12.4. The third kappa shape index (κ3) is 7.30. The summed E-state index contributed by atoms with van der Waals surface area (Å²) < 4.78 is 41.7. The van der Waals surface area contributed by atoms with Crippen LogP contribution in [0.1, 0.15) is 36.2 Å². The monoisotopic (exact) mass is 560 g/mol. The maximum atomic E-state index is 12.5. The number of amides is 1. The van der Waals surface area contributed by atoms with E-state index in [0.29, 0.717) is 40.3 Å². The number of nitrogens with one attached hydrogen (secondary N) is 1. The van der Waals surface area contributed by atoms with Gasteiger partial charge in [0.25, 0.3) is 5.91 Å². The Morgan fingerprint density at radius 2 is 1.71 bits per heavy atom. The highest BCUT2D eigenvalue weighted by Crippen LogP contribution is 2.29. The van der Waals surface area contributed by atoms with E-state index in [4.69, 9.17) is 13.7 Å². The number of halogens is 1. The van der Waals surface area contributed by atoms with Gasteiger partial charge in [0.2, 0.25) is 0 Å². The van der Waals surface area contributed by atoms with Crippen LogP contribution in [0.15, 0.2) is 81.2 Å². The maximum Gasteiger partial charge on any atom is 0.339 e. The average molecular weight is 561 g/mol. The quantitative estimate of drug-likeness (QED) is 0.197. The van der Waals surface area contributed by atoms with Gasteiger partial charge in [-0.2, -0.15) is 13.5 Å². The first-order valence-corrected chi connectivity index (χ1v) is 13.1. The molecule has 0 bridgehead atoms. The van der Waals surface area contributed by atoms with E-state index >= 15 is 0 Å². The molecule has 0 radical (unpaired) electrons. The smallest absolute Gasteiger partial charge is 0.339 e. The van der Waals surface area contributed by atoms with Gasteiger partial charge in [-0.05, 0) is 83.4 Å². The van der Waals surface area contributed by atoms with Gasteiger partial charge in [0, 0.05) is 5.56 Å². The van der Waals surface area contributed by atoms with E-state index in [0.717, 1.165) is 6.42 Å². The topological polar surface area (TPSA) is 103 Å². The van der Waals surface area contributed by atoms with Gasteiger partial charge in [-0.1, -0.05) is 25.1 Å². The summed E-state index contributed by atoms with van der Waals surface area (Å²) in [6.07, 6.45) is 2.29. The van der Waals surface area contributed by atoms with Crippen LogP contribution >= 0.6 is 15.9 Å². The van der Waals surface area contributed by atoms with Crippen LogP contribution in [0.25, 0.3) is 0 Å². The molecule has 0 heterocycles. The van der Waals surface area contributed by atoms with E-state index in [1.807, 2.05) is 13.8 Å². The van der Waals surface area contributed by atoms with E-state index in [2.05, 4.69) is 26.5 Å². The SMILES string of the molecule is CCCOc1ccc(C(=O)N/N=C/c2ccc(OS(=O)(=O)c3ccccc3)c(Br)c2)cc1OCC. The molecule has 0 spiro atoms. The Morgan fingerprint density at radius 1 is 0.971 bits per heavy atom. The largest absolute Gasteiger partial charge is 0.490 e. The highest BCUT2D eigenvalue weighted by Gasteiger charge is 2.18. The number of hydrogen-bond donors (Lipinski definition) is 1. The van der Waals surface area contributed by atoms with Crippen molar-refractivity contribution in [2.75, 3.05) is 13.2 Å². The third-order valence-corrected chi connectivity index (χ3v) is 6.40. The molecular weight excluding hydrogens is 536 g/mol. The highest BCUT2D eigenvalue weighted by atomic mass is 79.9. The molecule has 3 rings (SSSR count). The zero-order valence-corrected chi connectivity index (χ0v) is 21.6. The zero-order chi connectivity index (χ0) is 25.3. The lowest BCUT2D eigenvalue weighted by Crippen LogP contribution is -2.17. The van der Waals surface area contributed by atoms with Gasteiger partial charge in [0.15, 0.2) is 17.2 Å². The molecule has 0 saturated heterocycles. The fourth-order valence-corrected chi connectivity index (χ4v) is 4.45. The summed E-state index contributed by atoms with van der Waals surface area (Å²) in [4.78, 5) is 12.6. The van der Waals surface area contributed by atoms with Crippen LogP contribution in [0.5, 0.6) is 17.2 Å². The molecule has 184 valence electrons. The molecule has 1 N–H and O–H groups in total. The van der Waals surface area contributed by atoms with Crippen molar-refractivity contribution in [3.05, 3.63) is 82.3 Å². The van der Waals surface area contributed by atoms with Gasteiger partial charge in [-0.25, -0.2) is 5.43 Å². The van der Waals surface area contributed by atoms with Crippen LogP contribution in [0.3, 0.4) is 0 Å². The molecule has 3 aromatic carbocycles. The van der Waals surface area contributed by atoms with Crippen molar-refractivity contribution >= 4 is 38.2 Å². The molecule has 35 heavy (non-hydrogen) atoms. The first-order chi connectivity index (χ1) is 16.8. The van der Waals surface area contributed by atoms with Gasteiger partial charge in [-0.15, -0.1) is 0 Å². The summed E-state index contributed by atoms with van der Waals surface area (Å²) in [5.74, 6) is 0.777. The number of benzene rings is 3. The predicted octanol–water partition coefficient (Wildman–Crippen LogP) is 5.17. The molecule has 10 heteroatoms. The highest BCUT2D eigenvalue weighted by molar-refractivity contribution is 9.10. The van der Waals surface area contributed by atoms with Crippen LogP contribution in [0, 0.1) is 0 Å².